The van der Waals surface area contributed by atoms with Crippen LogP contribution < -0.4 is 11.1 Å². The van der Waals surface area contributed by atoms with Gasteiger partial charge in [-0.15, -0.1) is 0 Å². The summed E-state index contributed by atoms with van der Waals surface area (Å²) in [5.74, 6) is -1.13. The van der Waals surface area contributed by atoms with Gasteiger partial charge < -0.3 is 5.73 Å². The van der Waals surface area contributed by atoms with Gasteiger partial charge in [-0.25, -0.2) is 0 Å². The fourth-order valence-corrected chi connectivity index (χ4v) is 1.08. The number of primary amides is 1. The van der Waals surface area contributed by atoms with Crippen LogP contribution in [0.4, 0.5) is 0 Å². The van der Waals surface area contributed by atoms with Gasteiger partial charge in [0.05, 0.1) is 13.1 Å². The molecule has 1 fully saturated rings. The highest BCUT2D eigenvalue weighted by Gasteiger charge is 2.25. The minimum Gasteiger partial charge on any atom is -0.370 e. The van der Waals surface area contributed by atoms with Crippen LogP contribution in [0, 0.1) is 0 Å². The fourth-order valence-electron chi connectivity index (χ4n) is 1.08. The lowest BCUT2D eigenvalue weighted by molar-refractivity contribution is -0.146. The van der Waals surface area contributed by atoms with E-state index in [9.17, 15) is 14.4 Å². The number of hydrogen-bond donors (Lipinski definition) is 2. The number of carbonyl (C=O) groups is 3. The number of nitrogens with two attached hydrogens (primary N) is 1. The Kier molecular flexibility index (Phi) is 2.97. The van der Waals surface area contributed by atoms with Crippen molar-refractivity contribution in [3.05, 3.63) is 0 Å². The van der Waals surface area contributed by atoms with Crippen molar-refractivity contribution in [2.24, 2.45) is 5.73 Å². The molecule has 0 aliphatic carbocycles. The minimum absolute atomic E-state index is 0.0253. The molecule has 0 saturated carbocycles. The Morgan fingerprint density at radius 2 is 1.92 bits per heavy atom. The highest BCUT2D eigenvalue weighted by molar-refractivity contribution is 5.99. The zero-order valence-corrected chi connectivity index (χ0v) is 7.08. The predicted octanol–water partition coefficient (Wildman–Crippen LogP) is -2.18. The largest absolute Gasteiger partial charge is 0.370 e. The molecule has 1 aliphatic heterocycles. The average Bonchev–Trinajstić information content (AvgIpc) is 2.03. The van der Waals surface area contributed by atoms with Gasteiger partial charge in [-0.2, -0.15) is 0 Å². The summed E-state index contributed by atoms with van der Waals surface area (Å²) >= 11 is 0. The number of piperazine rings is 1. The lowest BCUT2D eigenvalue weighted by Crippen LogP contribution is -2.52. The molecule has 13 heavy (non-hydrogen) atoms. The van der Waals surface area contributed by atoms with Gasteiger partial charge in [0.2, 0.25) is 17.7 Å². The van der Waals surface area contributed by atoms with E-state index in [1.807, 2.05) is 0 Å². The molecular formula is C7H11N3O3. The summed E-state index contributed by atoms with van der Waals surface area (Å²) < 4.78 is 0. The first kappa shape index (κ1) is 9.66. The Bertz CT molecular complexity index is 235. The molecule has 0 aromatic rings. The van der Waals surface area contributed by atoms with Gasteiger partial charge in [-0.05, 0) is 0 Å². The van der Waals surface area contributed by atoms with Gasteiger partial charge in [0.1, 0.15) is 0 Å². The number of amides is 3. The van der Waals surface area contributed by atoms with Crippen LogP contribution in [0.5, 0.6) is 0 Å². The highest BCUT2D eigenvalue weighted by Crippen LogP contribution is 1.97. The SMILES string of the molecule is NC(=O)CCN1C(=O)CNCC1=O. The number of hydrogen-bond acceptors (Lipinski definition) is 4. The maximum absolute atomic E-state index is 11.1. The van der Waals surface area contributed by atoms with Crippen LogP contribution in [-0.2, 0) is 14.4 Å². The third-order valence-electron chi connectivity index (χ3n) is 1.74. The van der Waals surface area contributed by atoms with Crippen molar-refractivity contribution in [2.45, 2.75) is 6.42 Å². The predicted molar refractivity (Wildman–Crippen MR) is 43.4 cm³/mol. The number of carbonyl (C=O) groups excluding carboxylic acids is 3. The molecule has 0 atom stereocenters. The molecule has 0 spiro atoms. The maximum Gasteiger partial charge on any atom is 0.243 e. The molecule has 3 N–H and O–H groups in total. The first-order chi connectivity index (χ1) is 6.11. The molecule has 6 heteroatoms. The topological polar surface area (TPSA) is 92.5 Å². The molecular weight excluding hydrogens is 174 g/mol. The van der Waals surface area contributed by atoms with Gasteiger partial charge in [0.25, 0.3) is 0 Å². The zero-order chi connectivity index (χ0) is 9.84. The standard InChI is InChI=1S/C7H11N3O3/c8-5(11)1-2-10-6(12)3-9-4-7(10)13/h9H,1-4H2,(H2,8,11). The highest BCUT2D eigenvalue weighted by atomic mass is 16.2. The average molecular weight is 185 g/mol. The summed E-state index contributed by atoms with van der Waals surface area (Å²) in [6.45, 7) is 0.379. The number of imide groups is 1. The second-order valence-corrected chi connectivity index (χ2v) is 2.76. The first-order valence-electron chi connectivity index (χ1n) is 3.93. The number of nitrogens with one attached hydrogen (secondary N) is 1. The third kappa shape index (κ3) is 2.51. The molecule has 1 heterocycles. The van der Waals surface area contributed by atoms with E-state index in [0.29, 0.717) is 0 Å². The lowest BCUT2D eigenvalue weighted by atomic mass is 10.3. The summed E-state index contributed by atoms with van der Waals surface area (Å²) in [5.41, 5.74) is 4.90. The Labute approximate surface area is 75.1 Å². The maximum atomic E-state index is 11.1. The molecule has 3 amide bonds. The fraction of sp³-hybridized carbons (Fsp3) is 0.571. The summed E-state index contributed by atoms with van der Waals surface area (Å²) in [5, 5.41) is 2.64. The van der Waals surface area contributed by atoms with E-state index in [1.54, 1.807) is 0 Å². The minimum atomic E-state index is -0.515. The van der Waals surface area contributed by atoms with Crippen LogP contribution in [0.25, 0.3) is 0 Å². The van der Waals surface area contributed by atoms with Crippen molar-refractivity contribution < 1.29 is 14.4 Å². The van der Waals surface area contributed by atoms with Gasteiger partial charge in [0, 0.05) is 13.0 Å². The molecule has 1 saturated heterocycles. The lowest BCUT2D eigenvalue weighted by Gasteiger charge is -2.24. The zero-order valence-electron chi connectivity index (χ0n) is 7.08. The van der Waals surface area contributed by atoms with Gasteiger partial charge in [-0.3, -0.25) is 24.6 Å². The number of rotatable bonds is 3. The van der Waals surface area contributed by atoms with Crippen LogP contribution >= 0.6 is 0 Å². The third-order valence-corrected chi connectivity index (χ3v) is 1.74. The Balaban J connectivity index is 2.49. The summed E-state index contributed by atoms with van der Waals surface area (Å²) in [6, 6.07) is 0. The van der Waals surface area contributed by atoms with Crippen molar-refractivity contribution in [1.29, 1.82) is 0 Å². The van der Waals surface area contributed by atoms with Gasteiger partial charge in [0.15, 0.2) is 0 Å². The molecule has 0 aromatic heterocycles. The van der Waals surface area contributed by atoms with Crippen molar-refractivity contribution in [1.82, 2.24) is 10.2 Å². The van der Waals surface area contributed by atoms with E-state index < -0.39 is 5.91 Å². The van der Waals surface area contributed by atoms with E-state index in [4.69, 9.17) is 5.73 Å². The second-order valence-electron chi connectivity index (χ2n) is 2.76. The van der Waals surface area contributed by atoms with E-state index in [0.717, 1.165) is 4.90 Å². The van der Waals surface area contributed by atoms with Crippen molar-refractivity contribution in [2.75, 3.05) is 19.6 Å². The molecule has 0 unspecified atom stereocenters. The van der Waals surface area contributed by atoms with Crippen LogP contribution in [0.1, 0.15) is 6.42 Å². The molecule has 0 aromatic carbocycles. The molecule has 1 rings (SSSR count). The van der Waals surface area contributed by atoms with Crippen LogP contribution in [0.15, 0.2) is 0 Å². The Morgan fingerprint density at radius 1 is 1.38 bits per heavy atom. The van der Waals surface area contributed by atoms with E-state index in [2.05, 4.69) is 5.32 Å². The normalized spacial score (nSPS) is 17.7. The van der Waals surface area contributed by atoms with Crippen molar-refractivity contribution >= 4 is 17.7 Å². The van der Waals surface area contributed by atoms with Crippen LogP contribution in [-0.4, -0.2) is 42.3 Å². The van der Waals surface area contributed by atoms with Crippen LogP contribution in [0.2, 0.25) is 0 Å². The Hall–Kier alpha value is -1.43. The van der Waals surface area contributed by atoms with E-state index in [-0.39, 0.29) is 37.9 Å². The molecule has 6 nitrogen and oxygen atoms in total. The van der Waals surface area contributed by atoms with Crippen LogP contribution in [0.3, 0.4) is 0 Å². The second kappa shape index (κ2) is 3.99. The quantitative estimate of drug-likeness (QED) is 0.489. The molecule has 1 aliphatic rings. The number of nitrogens with zero attached hydrogens (tertiary/aromatic N) is 1. The summed E-state index contributed by atoms with van der Waals surface area (Å²) in [4.78, 5) is 33.7. The molecule has 0 bridgehead atoms. The summed E-state index contributed by atoms with van der Waals surface area (Å²) in [7, 11) is 0. The van der Waals surface area contributed by atoms with Gasteiger partial charge in [-0.1, -0.05) is 0 Å². The van der Waals surface area contributed by atoms with Crippen molar-refractivity contribution in [3.8, 4) is 0 Å². The van der Waals surface area contributed by atoms with Crippen molar-refractivity contribution in [3.63, 3.8) is 0 Å². The smallest absolute Gasteiger partial charge is 0.243 e. The molecule has 72 valence electrons. The van der Waals surface area contributed by atoms with Gasteiger partial charge >= 0.3 is 0 Å². The summed E-state index contributed by atoms with van der Waals surface area (Å²) in [6.07, 6.45) is 0.0253. The molecule has 0 radical (unpaired) electrons. The van der Waals surface area contributed by atoms with E-state index in [1.165, 1.54) is 0 Å². The first-order valence-corrected chi connectivity index (χ1v) is 3.93. The Morgan fingerprint density at radius 3 is 2.38 bits per heavy atom. The monoisotopic (exact) mass is 185 g/mol. The van der Waals surface area contributed by atoms with E-state index >= 15 is 0 Å².